The predicted molar refractivity (Wildman–Crippen MR) is 105 cm³/mol. The van der Waals surface area contributed by atoms with Crippen molar-refractivity contribution in [3.8, 4) is 0 Å². The Kier molecular flexibility index (Phi) is 12.5. The lowest BCUT2D eigenvalue weighted by Gasteiger charge is -2.02. The molecule has 2 rings (SSSR count). The van der Waals surface area contributed by atoms with Gasteiger partial charge in [-0.25, -0.2) is 9.59 Å². The summed E-state index contributed by atoms with van der Waals surface area (Å²) >= 11 is 0. The first-order valence-corrected chi connectivity index (χ1v) is 8.86. The van der Waals surface area contributed by atoms with Crippen molar-refractivity contribution in [3.63, 3.8) is 0 Å². The standard InChI is InChI=1S/C15H10N2O2.C6H14O3/c18-10-16-14-5-1-12(2-6-14)9-13-3-7-15(8-4-13)17-11-19;7-3-1-5-9-6-2-4-8/h1-8H,9H2;7-8H,1-6H2. The van der Waals surface area contributed by atoms with E-state index in [1.54, 1.807) is 24.3 Å². The molecule has 2 N–H and O–H groups in total. The molecule has 0 spiro atoms. The fraction of sp³-hybridized carbons (Fsp3) is 0.333. The summed E-state index contributed by atoms with van der Waals surface area (Å²) in [5.41, 5.74) is 3.40. The van der Waals surface area contributed by atoms with E-state index in [1.165, 1.54) is 12.2 Å². The van der Waals surface area contributed by atoms with E-state index >= 15 is 0 Å². The maximum Gasteiger partial charge on any atom is 0.240 e. The summed E-state index contributed by atoms with van der Waals surface area (Å²) in [5, 5.41) is 16.6. The molecular formula is C21H24N2O5. The van der Waals surface area contributed by atoms with Gasteiger partial charge in [0.1, 0.15) is 0 Å². The zero-order valence-electron chi connectivity index (χ0n) is 15.6. The van der Waals surface area contributed by atoms with Gasteiger partial charge in [0.15, 0.2) is 0 Å². The van der Waals surface area contributed by atoms with Crippen LogP contribution in [0.25, 0.3) is 0 Å². The molecule has 0 atom stereocenters. The van der Waals surface area contributed by atoms with Crippen LogP contribution in [0, 0.1) is 0 Å². The first-order chi connectivity index (χ1) is 13.7. The van der Waals surface area contributed by atoms with Crippen LogP contribution >= 0.6 is 0 Å². The van der Waals surface area contributed by atoms with E-state index < -0.39 is 0 Å². The number of aliphatic hydroxyl groups excluding tert-OH is 2. The monoisotopic (exact) mass is 384 g/mol. The lowest BCUT2D eigenvalue weighted by atomic mass is 10.0. The van der Waals surface area contributed by atoms with E-state index in [-0.39, 0.29) is 13.2 Å². The lowest BCUT2D eigenvalue weighted by molar-refractivity contribution is 0.102. The highest BCUT2D eigenvalue weighted by atomic mass is 16.5. The Morgan fingerprint density at radius 3 is 1.43 bits per heavy atom. The Morgan fingerprint density at radius 1 is 0.714 bits per heavy atom. The van der Waals surface area contributed by atoms with E-state index in [9.17, 15) is 9.59 Å². The smallest absolute Gasteiger partial charge is 0.240 e. The summed E-state index contributed by atoms with van der Waals surface area (Å²) in [4.78, 5) is 27.3. The van der Waals surface area contributed by atoms with E-state index in [2.05, 4.69) is 9.98 Å². The number of hydrogen-bond donors (Lipinski definition) is 2. The van der Waals surface area contributed by atoms with Gasteiger partial charge < -0.3 is 14.9 Å². The fourth-order valence-electron chi connectivity index (χ4n) is 2.15. The van der Waals surface area contributed by atoms with Crippen molar-refractivity contribution in [3.05, 3.63) is 59.7 Å². The number of ether oxygens (including phenoxy) is 1. The summed E-state index contributed by atoms with van der Waals surface area (Å²) in [7, 11) is 0. The van der Waals surface area contributed by atoms with Crippen LogP contribution < -0.4 is 0 Å². The number of carbonyl (C=O) groups excluding carboxylic acids is 2. The Bertz CT molecular complexity index is 697. The van der Waals surface area contributed by atoms with Gasteiger partial charge in [0, 0.05) is 26.4 Å². The van der Waals surface area contributed by atoms with Gasteiger partial charge in [-0.05, 0) is 54.7 Å². The zero-order valence-corrected chi connectivity index (χ0v) is 15.6. The van der Waals surface area contributed by atoms with Crippen molar-refractivity contribution in [2.45, 2.75) is 19.3 Å². The van der Waals surface area contributed by atoms with E-state index in [1.807, 2.05) is 24.3 Å². The van der Waals surface area contributed by atoms with Gasteiger partial charge in [-0.1, -0.05) is 24.3 Å². The Labute approximate surface area is 164 Å². The molecule has 2 aromatic rings. The van der Waals surface area contributed by atoms with Crippen molar-refractivity contribution in [1.29, 1.82) is 0 Å². The summed E-state index contributed by atoms with van der Waals surface area (Å²) in [5.74, 6) is 0. The Hall–Kier alpha value is -2.92. The second kappa shape index (κ2) is 15.2. The van der Waals surface area contributed by atoms with Gasteiger partial charge in [-0.3, -0.25) is 0 Å². The SMILES string of the molecule is O=C=Nc1ccc(Cc2ccc(N=C=O)cc2)cc1.OCCCOCCCO. The van der Waals surface area contributed by atoms with Crippen molar-refractivity contribution >= 4 is 23.5 Å². The van der Waals surface area contributed by atoms with Gasteiger partial charge in [0.05, 0.1) is 11.4 Å². The molecule has 28 heavy (non-hydrogen) atoms. The highest BCUT2D eigenvalue weighted by molar-refractivity contribution is 5.51. The molecule has 148 valence electrons. The van der Waals surface area contributed by atoms with Crippen molar-refractivity contribution in [1.82, 2.24) is 0 Å². The van der Waals surface area contributed by atoms with Crippen LogP contribution in [-0.2, 0) is 20.7 Å². The average molecular weight is 384 g/mol. The molecular weight excluding hydrogens is 360 g/mol. The topological polar surface area (TPSA) is 109 Å². The second-order valence-electron chi connectivity index (χ2n) is 5.68. The third-order valence-corrected chi connectivity index (χ3v) is 3.52. The summed E-state index contributed by atoms with van der Waals surface area (Å²) in [6.45, 7) is 1.55. The normalized spacial score (nSPS) is 9.50. The third-order valence-electron chi connectivity index (χ3n) is 3.52. The molecule has 7 nitrogen and oxygen atoms in total. The van der Waals surface area contributed by atoms with Crippen molar-refractivity contribution in [2.24, 2.45) is 9.98 Å². The number of rotatable bonds is 10. The molecule has 2 aromatic carbocycles. The molecule has 0 saturated carbocycles. The summed E-state index contributed by atoms with van der Waals surface area (Å²) in [6.07, 6.45) is 5.14. The molecule has 0 aliphatic rings. The van der Waals surface area contributed by atoms with Gasteiger partial charge in [-0.15, -0.1) is 0 Å². The van der Waals surface area contributed by atoms with E-state index in [4.69, 9.17) is 14.9 Å². The number of hydrogen-bond acceptors (Lipinski definition) is 7. The summed E-state index contributed by atoms with van der Waals surface area (Å²) < 4.78 is 4.99. The molecule has 0 aliphatic heterocycles. The maximum atomic E-state index is 10.1. The van der Waals surface area contributed by atoms with E-state index in [0.717, 1.165) is 17.5 Å². The Balaban J connectivity index is 0.000000370. The van der Waals surface area contributed by atoms with E-state index in [0.29, 0.717) is 37.4 Å². The van der Waals surface area contributed by atoms with Crippen LogP contribution in [-0.4, -0.2) is 48.8 Å². The number of nitrogens with zero attached hydrogens (tertiary/aromatic N) is 2. The fourth-order valence-corrected chi connectivity index (χ4v) is 2.15. The molecule has 0 amide bonds. The first kappa shape index (κ1) is 23.1. The molecule has 0 bridgehead atoms. The largest absolute Gasteiger partial charge is 0.396 e. The van der Waals surface area contributed by atoms with Crippen molar-refractivity contribution < 1.29 is 24.5 Å². The number of isocyanates is 2. The van der Waals surface area contributed by atoms with Crippen LogP contribution in [0.4, 0.5) is 11.4 Å². The van der Waals surface area contributed by atoms with Crippen molar-refractivity contribution in [2.75, 3.05) is 26.4 Å². The number of aliphatic imine (C=N–C) groups is 2. The molecule has 0 radical (unpaired) electrons. The minimum absolute atomic E-state index is 0.180. The molecule has 0 heterocycles. The van der Waals surface area contributed by atoms with Gasteiger partial charge in [0.25, 0.3) is 0 Å². The zero-order chi connectivity index (χ0) is 20.5. The summed E-state index contributed by atoms with van der Waals surface area (Å²) in [6, 6.07) is 14.7. The second-order valence-corrected chi connectivity index (χ2v) is 5.68. The first-order valence-electron chi connectivity index (χ1n) is 8.86. The highest BCUT2D eigenvalue weighted by Gasteiger charge is 1.97. The minimum Gasteiger partial charge on any atom is -0.396 e. The molecule has 0 unspecified atom stereocenters. The van der Waals surface area contributed by atoms with Crippen LogP contribution in [0.1, 0.15) is 24.0 Å². The predicted octanol–water partition coefficient (Wildman–Crippen LogP) is 2.98. The third kappa shape index (κ3) is 10.3. The highest BCUT2D eigenvalue weighted by Crippen LogP contribution is 2.17. The van der Waals surface area contributed by atoms with Crippen LogP contribution in [0.5, 0.6) is 0 Å². The Morgan fingerprint density at radius 2 is 1.11 bits per heavy atom. The molecule has 0 aromatic heterocycles. The minimum atomic E-state index is 0.180. The molecule has 7 heteroatoms. The van der Waals surface area contributed by atoms with Gasteiger partial charge in [0.2, 0.25) is 12.2 Å². The number of aliphatic hydroxyl groups is 2. The van der Waals surface area contributed by atoms with Crippen LogP contribution in [0.15, 0.2) is 58.5 Å². The lowest BCUT2D eigenvalue weighted by Crippen LogP contribution is -2.00. The quantitative estimate of drug-likeness (QED) is 0.372. The molecule has 0 fully saturated rings. The van der Waals surface area contributed by atoms with Gasteiger partial charge in [-0.2, -0.15) is 9.98 Å². The van der Waals surface area contributed by atoms with Crippen LogP contribution in [0.2, 0.25) is 0 Å². The number of benzene rings is 2. The maximum absolute atomic E-state index is 10.1. The van der Waals surface area contributed by atoms with Gasteiger partial charge >= 0.3 is 0 Å². The molecule has 0 saturated heterocycles. The van der Waals surface area contributed by atoms with Crippen LogP contribution in [0.3, 0.4) is 0 Å². The average Bonchev–Trinajstić information content (AvgIpc) is 2.72. The molecule has 0 aliphatic carbocycles.